The van der Waals surface area contributed by atoms with Crippen molar-refractivity contribution in [1.82, 2.24) is 24.9 Å². The Balaban J connectivity index is 1.35. The van der Waals surface area contributed by atoms with Crippen LogP contribution in [0.15, 0.2) is 59.5 Å². The third-order valence-electron chi connectivity index (χ3n) is 8.34. The number of rotatable bonds is 4. The van der Waals surface area contributed by atoms with Gasteiger partial charge in [0.1, 0.15) is 23.3 Å². The highest BCUT2D eigenvalue weighted by Crippen LogP contribution is 2.49. The molecule has 5 aromatic rings. The molecule has 0 amide bonds. The van der Waals surface area contributed by atoms with Crippen LogP contribution in [-0.2, 0) is 6.42 Å². The number of aromatic nitrogens is 5. The molecule has 4 aromatic heterocycles. The molecule has 0 unspecified atom stereocenters. The molecule has 6 heteroatoms. The number of nitrogens with zero attached hydrogens (tertiary/aromatic N) is 4. The molecule has 6 nitrogen and oxygen atoms in total. The predicted molar refractivity (Wildman–Crippen MR) is 132 cm³/mol. The van der Waals surface area contributed by atoms with Crippen molar-refractivity contribution in [3.8, 4) is 22.8 Å². The van der Waals surface area contributed by atoms with Crippen molar-refractivity contribution in [2.75, 3.05) is 0 Å². The van der Waals surface area contributed by atoms with E-state index in [1.807, 2.05) is 30.6 Å². The van der Waals surface area contributed by atoms with Gasteiger partial charge in [-0.3, -0.25) is 0 Å². The fourth-order valence-electron chi connectivity index (χ4n) is 6.47. The van der Waals surface area contributed by atoms with E-state index in [0.717, 1.165) is 68.9 Å². The second kappa shape index (κ2) is 7.76. The number of hydrogen-bond donors (Lipinski definition) is 1. The first-order valence-corrected chi connectivity index (χ1v) is 12.4. The fraction of sp³-hybridized carbons (Fsp3) is 0.357. The third-order valence-corrected chi connectivity index (χ3v) is 8.34. The molecular formula is C28H27N5O. The van der Waals surface area contributed by atoms with Crippen LogP contribution < -0.4 is 0 Å². The van der Waals surface area contributed by atoms with Gasteiger partial charge in [-0.25, -0.2) is 19.9 Å². The zero-order valence-corrected chi connectivity index (χ0v) is 19.2. The summed E-state index contributed by atoms with van der Waals surface area (Å²) >= 11 is 0. The summed E-state index contributed by atoms with van der Waals surface area (Å²) in [5, 5.41) is 2.01. The van der Waals surface area contributed by atoms with Crippen molar-refractivity contribution in [3.63, 3.8) is 0 Å². The summed E-state index contributed by atoms with van der Waals surface area (Å²) in [6.07, 6.45) is 11.8. The number of fused-ring (bicyclic) bond motifs is 5. The van der Waals surface area contributed by atoms with E-state index in [9.17, 15) is 0 Å². The lowest BCUT2D eigenvalue weighted by Gasteiger charge is -2.47. The highest BCUT2D eigenvalue weighted by molar-refractivity contribution is 5.91. The standard InChI is InChI=1S/C28H27N5O/c1-16-17-6-8-18(9-7-17)21(16)11-20-12-24(26-10-19-4-2-3-5-25(19)34-26)33-28(32-20)23-14-30-27-22(23)13-29-15-31-27/h2-5,10,12-18,21H,6-9,11H2,1H3,(H,29,30,31)/t16-,17?,18?,21+/m1/s1. The van der Waals surface area contributed by atoms with Gasteiger partial charge in [-0.15, -0.1) is 0 Å². The molecule has 0 aliphatic heterocycles. The highest BCUT2D eigenvalue weighted by atomic mass is 16.3. The van der Waals surface area contributed by atoms with Crippen LogP contribution in [0.1, 0.15) is 38.3 Å². The van der Waals surface area contributed by atoms with E-state index in [4.69, 9.17) is 14.4 Å². The number of nitrogens with one attached hydrogen (secondary N) is 1. The van der Waals surface area contributed by atoms with Gasteiger partial charge in [0.15, 0.2) is 11.6 Å². The normalized spacial score (nSPS) is 24.3. The van der Waals surface area contributed by atoms with E-state index < -0.39 is 0 Å². The lowest BCUT2D eigenvalue weighted by Crippen LogP contribution is -2.39. The molecule has 0 spiro atoms. The van der Waals surface area contributed by atoms with Crippen LogP contribution in [0.4, 0.5) is 0 Å². The van der Waals surface area contributed by atoms with Gasteiger partial charge in [0.2, 0.25) is 0 Å². The summed E-state index contributed by atoms with van der Waals surface area (Å²) in [5.74, 6) is 4.60. The van der Waals surface area contributed by atoms with E-state index in [2.05, 4.69) is 40.1 Å². The van der Waals surface area contributed by atoms with Crippen LogP contribution in [0.3, 0.4) is 0 Å². The first-order valence-electron chi connectivity index (χ1n) is 12.4. The molecule has 1 N–H and O–H groups in total. The highest BCUT2D eigenvalue weighted by Gasteiger charge is 2.41. The Hall–Kier alpha value is -3.54. The maximum Gasteiger partial charge on any atom is 0.162 e. The maximum atomic E-state index is 6.21. The summed E-state index contributed by atoms with van der Waals surface area (Å²) in [4.78, 5) is 21.9. The number of para-hydroxylation sites is 1. The molecule has 3 fully saturated rings. The summed E-state index contributed by atoms with van der Waals surface area (Å²) in [6, 6.07) is 12.3. The Morgan fingerprint density at radius 1 is 1.03 bits per heavy atom. The van der Waals surface area contributed by atoms with Crippen molar-refractivity contribution in [2.45, 2.75) is 39.0 Å². The first kappa shape index (κ1) is 19.9. The maximum absolute atomic E-state index is 6.21. The number of furan rings is 1. The minimum atomic E-state index is 0.685. The van der Waals surface area contributed by atoms with Crippen LogP contribution in [0.25, 0.3) is 44.8 Å². The van der Waals surface area contributed by atoms with Crippen molar-refractivity contribution in [3.05, 3.63) is 60.8 Å². The molecule has 3 aliphatic carbocycles. The van der Waals surface area contributed by atoms with Crippen molar-refractivity contribution in [2.24, 2.45) is 23.7 Å². The summed E-state index contributed by atoms with van der Waals surface area (Å²) in [7, 11) is 0. The number of aromatic amines is 1. The molecule has 2 atom stereocenters. The van der Waals surface area contributed by atoms with Crippen molar-refractivity contribution < 1.29 is 4.42 Å². The van der Waals surface area contributed by atoms with Crippen LogP contribution >= 0.6 is 0 Å². The smallest absolute Gasteiger partial charge is 0.162 e. The molecule has 4 heterocycles. The van der Waals surface area contributed by atoms with Gasteiger partial charge in [-0.2, -0.15) is 0 Å². The van der Waals surface area contributed by atoms with E-state index in [0.29, 0.717) is 11.7 Å². The zero-order chi connectivity index (χ0) is 22.6. The van der Waals surface area contributed by atoms with Gasteiger partial charge < -0.3 is 9.40 Å². The van der Waals surface area contributed by atoms with E-state index in [1.165, 1.54) is 25.7 Å². The Morgan fingerprint density at radius 3 is 2.74 bits per heavy atom. The second-order valence-corrected chi connectivity index (χ2v) is 10.1. The van der Waals surface area contributed by atoms with Gasteiger partial charge in [-0.1, -0.05) is 25.1 Å². The van der Waals surface area contributed by atoms with E-state index in [1.54, 1.807) is 6.33 Å². The lowest BCUT2D eigenvalue weighted by molar-refractivity contribution is 0.0339. The van der Waals surface area contributed by atoms with E-state index in [-0.39, 0.29) is 0 Å². The number of H-pyrrole nitrogens is 1. The molecule has 170 valence electrons. The molecule has 3 aliphatic rings. The van der Waals surface area contributed by atoms with Gasteiger partial charge in [0.25, 0.3) is 0 Å². The van der Waals surface area contributed by atoms with Crippen LogP contribution in [-0.4, -0.2) is 24.9 Å². The van der Waals surface area contributed by atoms with Crippen LogP contribution in [0.2, 0.25) is 0 Å². The topological polar surface area (TPSA) is 80.5 Å². The number of hydrogen-bond acceptors (Lipinski definition) is 5. The average molecular weight is 450 g/mol. The quantitative estimate of drug-likeness (QED) is 0.341. The molecule has 0 saturated heterocycles. The Morgan fingerprint density at radius 2 is 1.88 bits per heavy atom. The molecule has 1 aromatic carbocycles. The second-order valence-electron chi connectivity index (χ2n) is 10.1. The third kappa shape index (κ3) is 3.23. The largest absolute Gasteiger partial charge is 0.454 e. The Kier molecular flexibility index (Phi) is 4.54. The minimum absolute atomic E-state index is 0.685. The zero-order valence-electron chi connectivity index (χ0n) is 19.2. The molecule has 0 radical (unpaired) electrons. The Bertz CT molecular complexity index is 1460. The van der Waals surface area contributed by atoms with Gasteiger partial charge in [0, 0.05) is 34.4 Å². The van der Waals surface area contributed by atoms with Gasteiger partial charge in [-0.05, 0) is 74.0 Å². The van der Waals surface area contributed by atoms with Crippen molar-refractivity contribution in [1.29, 1.82) is 0 Å². The first-order chi connectivity index (χ1) is 16.7. The monoisotopic (exact) mass is 449 g/mol. The van der Waals surface area contributed by atoms with Gasteiger partial charge >= 0.3 is 0 Å². The lowest BCUT2D eigenvalue weighted by atomic mass is 9.58. The molecule has 3 saturated carbocycles. The minimum Gasteiger partial charge on any atom is -0.454 e. The number of benzene rings is 1. The van der Waals surface area contributed by atoms with Gasteiger partial charge in [0.05, 0.1) is 0 Å². The molecule has 2 bridgehead atoms. The van der Waals surface area contributed by atoms with E-state index >= 15 is 0 Å². The fourth-order valence-corrected chi connectivity index (χ4v) is 6.47. The average Bonchev–Trinajstić information content (AvgIpc) is 3.51. The molecule has 8 rings (SSSR count). The van der Waals surface area contributed by atoms with Crippen LogP contribution in [0, 0.1) is 23.7 Å². The summed E-state index contributed by atoms with van der Waals surface area (Å²) in [5.41, 5.74) is 4.51. The summed E-state index contributed by atoms with van der Waals surface area (Å²) < 4.78 is 6.21. The van der Waals surface area contributed by atoms with Crippen LogP contribution in [0.5, 0.6) is 0 Å². The predicted octanol–water partition coefficient (Wildman–Crippen LogP) is 6.44. The molecule has 34 heavy (non-hydrogen) atoms. The SMILES string of the molecule is C[C@@H]1C2CCC(CC2)[C@H]1Cc1cc(-c2cc3ccccc3o2)nc(-c2c[nH]c3ncncc23)n1. The summed E-state index contributed by atoms with van der Waals surface area (Å²) in [6.45, 7) is 2.46. The Labute approximate surface area is 197 Å². The van der Waals surface area contributed by atoms with Crippen molar-refractivity contribution >= 4 is 22.0 Å². The molecular weight excluding hydrogens is 422 g/mol.